The van der Waals surface area contributed by atoms with E-state index in [4.69, 9.17) is 17.2 Å². The van der Waals surface area contributed by atoms with Crippen LogP contribution in [0.3, 0.4) is 0 Å². The molecule has 0 fully saturated rings. The number of fused-ring (bicyclic) bond motifs is 1. The Morgan fingerprint density at radius 1 is 0.881 bits per heavy atom. The number of carbonyl (C=O) groups excluding carboxylic acids is 5. The van der Waals surface area contributed by atoms with Crippen LogP contribution in [0.15, 0.2) is 30.3 Å². The molecule has 13 nitrogen and oxygen atoms in total. The first-order valence-electron chi connectivity index (χ1n) is 14.0. The molecular weight excluding hydrogens is 560 g/mol. The number of amides is 5. The van der Waals surface area contributed by atoms with Crippen molar-refractivity contribution >= 4 is 53.1 Å². The van der Waals surface area contributed by atoms with Gasteiger partial charge in [0.15, 0.2) is 0 Å². The minimum atomic E-state index is -1.37. The van der Waals surface area contributed by atoms with Crippen LogP contribution in [0.1, 0.15) is 55.1 Å². The number of nitrogens with two attached hydrogens (primary N) is 3. The number of carbonyl (C=O) groups is 5. The van der Waals surface area contributed by atoms with Gasteiger partial charge in [-0.05, 0) is 57.3 Å². The fourth-order valence-corrected chi connectivity index (χ4v) is 4.46. The summed E-state index contributed by atoms with van der Waals surface area (Å²) in [5.74, 6) is -3.41. The second-order valence-electron chi connectivity index (χ2n) is 9.75. The lowest BCUT2D eigenvalue weighted by molar-refractivity contribution is -0.132. The molecule has 1 aromatic carbocycles. The molecule has 42 heavy (non-hydrogen) atoms. The van der Waals surface area contributed by atoms with Crippen molar-refractivity contribution in [2.45, 2.75) is 63.6 Å². The van der Waals surface area contributed by atoms with Crippen LogP contribution in [0.4, 0.5) is 0 Å². The summed E-state index contributed by atoms with van der Waals surface area (Å²) in [4.78, 5) is 68.6. The number of hydrogen-bond donors (Lipinski definition) is 8. The van der Waals surface area contributed by atoms with Gasteiger partial charge in [0.1, 0.15) is 18.1 Å². The molecule has 2 aromatic rings. The Kier molecular flexibility index (Phi) is 14.7. The van der Waals surface area contributed by atoms with Crippen molar-refractivity contribution in [2.75, 3.05) is 25.4 Å². The van der Waals surface area contributed by atoms with E-state index in [1.165, 1.54) is 0 Å². The molecule has 0 aliphatic heterocycles. The maximum Gasteiger partial charge on any atom is 0.253 e. The van der Waals surface area contributed by atoms with Crippen molar-refractivity contribution in [3.63, 3.8) is 0 Å². The number of hydrogen-bond acceptors (Lipinski definition) is 9. The monoisotopic (exact) mass is 602 g/mol. The molecule has 0 spiro atoms. The molecule has 0 saturated carbocycles. The van der Waals surface area contributed by atoms with Crippen molar-refractivity contribution in [1.82, 2.24) is 26.3 Å². The normalized spacial score (nSPS) is 13.0. The Morgan fingerprint density at radius 2 is 1.55 bits per heavy atom. The summed E-state index contributed by atoms with van der Waals surface area (Å²) in [6.45, 7) is 3.04. The van der Waals surface area contributed by atoms with Gasteiger partial charge in [0, 0.05) is 17.7 Å². The fourth-order valence-electron chi connectivity index (χ4n) is 4.21. The summed E-state index contributed by atoms with van der Waals surface area (Å²) < 4.78 is 0. The predicted octanol–water partition coefficient (Wildman–Crippen LogP) is -0.736. The van der Waals surface area contributed by atoms with Gasteiger partial charge in [0.25, 0.3) is 5.91 Å². The molecule has 1 aromatic heterocycles. The molecule has 0 aliphatic carbocycles. The van der Waals surface area contributed by atoms with Gasteiger partial charge in [-0.3, -0.25) is 29.0 Å². The second-order valence-corrected chi connectivity index (χ2v) is 10.1. The highest BCUT2D eigenvalue weighted by molar-refractivity contribution is 7.80. The van der Waals surface area contributed by atoms with Crippen LogP contribution in [0, 0.1) is 0 Å². The van der Waals surface area contributed by atoms with E-state index in [1.54, 1.807) is 6.07 Å². The van der Waals surface area contributed by atoms with Gasteiger partial charge >= 0.3 is 0 Å². The van der Waals surface area contributed by atoms with Crippen LogP contribution in [0.25, 0.3) is 10.9 Å². The molecule has 0 saturated heterocycles. The summed E-state index contributed by atoms with van der Waals surface area (Å²) in [6.07, 6.45) is 2.12. The van der Waals surface area contributed by atoms with Gasteiger partial charge in [0.2, 0.25) is 23.6 Å². The molecule has 2 rings (SSSR count). The SMILES string of the molecule is CCc1nc2ccccc2cc1C(=O)N[C@@H](CC(N)=O)C(=O)NC(CS)C(=O)N[C@@H](CCCCN)C(=O)NCCCN. The van der Waals surface area contributed by atoms with E-state index in [9.17, 15) is 24.0 Å². The van der Waals surface area contributed by atoms with Crippen molar-refractivity contribution in [3.8, 4) is 0 Å². The number of benzene rings is 1. The van der Waals surface area contributed by atoms with Gasteiger partial charge in [-0.1, -0.05) is 25.1 Å². The zero-order valence-electron chi connectivity index (χ0n) is 23.9. The third kappa shape index (κ3) is 10.6. The van der Waals surface area contributed by atoms with E-state index < -0.39 is 48.2 Å². The summed E-state index contributed by atoms with van der Waals surface area (Å²) >= 11 is 4.19. The molecule has 5 amide bonds. The Bertz CT molecular complexity index is 1240. The highest BCUT2D eigenvalue weighted by Gasteiger charge is 2.30. The van der Waals surface area contributed by atoms with Crippen molar-refractivity contribution in [1.29, 1.82) is 0 Å². The Labute approximate surface area is 250 Å². The van der Waals surface area contributed by atoms with Crippen molar-refractivity contribution in [2.24, 2.45) is 17.2 Å². The minimum absolute atomic E-state index is 0.117. The number of nitrogens with zero attached hydrogens (tertiary/aromatic N) is 1. The first kappa shape index (κ1) is 34.5. The maximum atomic E-state index is 13.3. The van der Waals surface area contributed by atoms with Crippen LogP contribution in [-0.2, 0) is 25.6 Å². The van der Waals surface area contributed by atoms with Gasteiger partial charge in [0.05, 0.1) is 23.2 Å². The molecule has 0 bridgehead atoms. The van der Waals surface area contributed by atoms with Crippen LogP contribution in [0.2, 0.25) is 0 Å². The van der Waals surface area contributed by atoms with Crippen LogP contribution in [-0.4, -0.2) is 78.0 Å². The van der Waals surface area contributed by atoms with Crippen molar-refractivity contribution in [3.05, 3.63) is 41.6 Å². The number of rotatable bonds is 18. The summed E-state index contributed by atoms with van der Waals surface area (Å²) in [6, 6.07) is 5.55. The Morgan fingerprint density at radius 3 is 2.19 bits per heavy atom. The number of para-hydroxylation sites is 1. The lowest BCUT2D eigenvalue weighted by Crippen LogP contribution is -2.57. The molecule has 3 atom stereocenters. The Balaban J connectivity index is 2.18. The van der Waals surface area contributed by atoms with Gasteiger partial charge in [-0.15, -0.1) is 0 Å². The highest BCUT2D eigenvalue weighted by Crippen LogP contribution is 2.18. The van der Waals surface area contributed by atoms with Crippen LogP contribution < -0.4 is 38.5 Å². The first-order chi connectivity index (χ1) is 20.1. The van der Waals surface area contributed by atoms with Gasteiger partial charge < -0.3 is 38.5 Å². The highest BCUT2D eigenvalue weighted by atomic mass is 32.1. The summed E-state index contributed by atoms with van der Waals surface area (Å²) in [7, 11) is 0. The van der Waals surface area contributed by atoms with E-state index in [-0.39, 0.29) is 17.2 Å². The molecule has 0 aliphatic rings. The standard InChI is InChI=1S/C28H42N8O5S/c1-2-19-18(14-17-8-3-4-9-20(17)33-19)25(38)35-22(15-24(31)37)27(40)36-23(16-42)28(41)34-21(10-5-6-11-29)26(39)32-13-7-12-30/h3-4,8-9,14,21-23,42H,2,5-7,10-13,15-16,29-30H2,1H3,(H2,31,37)(H,32,39)(H,34,41)(H,35,38)(H,36,40)/t21-,22-,23?/m0/s1. The largest absolute Gasteiger partial charge is 0.370 e. The van der Waals surface area contributed by atoms with E-state index in [0.717, 1.165) is 5.39 Å². The molecule has 0 radical (unpaired) electrons. The fraction of sp³-hybridized carbons (Fsp3) is 0.500. The lowest BCUT2D eigenvalue weighted by Gasteiger charge is -2.24. The van der Waals surface area contributed by atoms with Crippen LogP contribution in [0.5, 0.6) is 0 Å². The number of pyridine rings is 1. The molecule has 1 heterocycles. The molecule has 230 valence electrons. The third-order valence-corrected chi connectivity index (χ3v) is 6.85. The predicted molar refractivity (Wildman–Crippen MR) is 163 cm³/mol. The number of primary amides is 1. The number of thiol groups is 1. The molecule has 1 unspecified atom stereocenters. The zero-order chi connectivity index (χ0) is 31.1. The quantitative estimate of drug-likeness (QED) is 0.0799. The minimum Gasteiger partial charge on any atom is -0.370 e. The summed E-state index contributed by atoms with van der Waals surface area (Å²) in [5, 5.41) is 11.2. The zero-order valence-corrected chi connectivity index (χ0v) is 24.8. The maximum absolute atomic E-state index is 13.3. The van der Waals surface area contributed by atoms with E-state index in [1.807, 2.05) is 31.2 Å². The third-order valence-electron chi connectivity index (χ3n) is 6.49. The second kappa shape index (κ2) is 17.9. The van der Waals surface area contributed by atoms with Gasteiger partial charge in [-0.2, -0.15) is 12.6 Å². The Hall–Kier alpha value is -3.75. The number of aromatic nitrogens is 1. The average Bonchev–Trinajstić information content (AvgIpc) is 2.97. The topological polar surface area (TPSA) is 224 Å². The van der Waals surface area contributed by atoms with Gasteiger partial charge in [-0.25, -0.2) is 0 Å². The van der Waals surface area contributed by atoms with Crippen LogP contribution >= 0.6 is 12.6 Å². The number of nitrogens with one attached hydrogen (secondary N) is 4. The number of aryl methyl sites for hydroxylation is 1. The van der Waals surface area contributed by atoms with E-state index >= 15 is 0 Å². The van der Waals surface area contributed by atoms with E-state index in [2.05, 4.69) is 38.9 Å². The first-order valence-corrected chi connectivity index (χ1v) is 14.7. The smallest absolute Gasteiger partial charge is 0.253 e. The summed E-state index contributed by atoms with van der Waals surface area (Å²) in [5.41, 5.74) is 17.9. The number of unbranched alkanes of at least 4 members (excludes halogenated alkanes) is 1. The lowest BCUT2D eigenvalue weighted by atomic mass is 10.1. The molecular formula is C28H42N8O5S. The van der Waals surface area contributed by atoms with E-state index in [0.29, 0.717) is 62.9 Å². The molecule has 14 heteroatoms. The average molecular weight is 603 g/mol. The molecule has 10 N–H and O–H groups in total. The van der Waals surface area contributed by atoms with Crippen molar-refractivity contribution < 1.29 is 24.0 Å².